The molecule has 2 atom stereocenters. The van der Waals surface area contributed by atoms with Crippen LogP contribution in [0.3, 0.4) is 0 Å². The summed E-state index contributed by atoms with van der Waals surface area (Å²) >= 11 is 4.97. The van der Waals surface area contributed by atoms with E-state index in [4.69, 9.17) is 0 Å². The van der Waals surface area contributed by atoms with Crippen LogP contribution in [0.1, 0.15) is 29.0 Å². The van der Waals surface area contributed by atoms with Crippen LogP contribution in [-0.4, -0.2) is 29.3 Å². The van der Waals surface area contributed by atoms with Crippen molar-refractivity contribution in [3.63, 3.8) is 0 Å². The lowest BCUT2D eigenvalue weighted by Crippen LogP contribution is -2.44. The van der Waals surface area contributed by atoms with Gasteiger partial charge in [0, 0.05) is 14.9 Å². The number of nitrogens with zero attached hydrogens (tertiary/aromatic N) is 1. The van der Waals surface area contributed by atoms with Crippen molar-refractivity contribution in [3.05, 3.63) is 92.6 Å². The zero-order valence-corrected chi connectivity index (χ0v) is 19.1. The minimum atomic E-state index is -1.25. The maximum absolute atomic E-state index is 13.2. The highest BCUT2D eigenvalue weighted by Crippen LogP contribution is 2.33. The van der Waals surface area contributed by atoms with E-state index in [-0.39, 0.29) is 12.6 Å². The Morgan fingerprint density at radius 1 is 1.10 bits per heavy atom. The normalized spacial score (nSPS) is 19.2. The predicted molar refractivity (Wildman–Crippen MR) is 122 cm³/mol. The maximum atomic E-state index is 13.2. The van der Waals surface area contributed by atoms with E-state index in [2.05, 4.69) is 26.6 Å². The van der Waals surface area contributed by atoms with Gasteiger partial charge in [0.15, 0.2) is 0 Å². The molecule has 2 N–H and O–H groups in total. The highest BCUT2D eigenvalue weighted by atomic mass is 79.9. The van der Waals surface area contributed by atoms with E-state index in [1.807, 2.05) is 53.9 Å². The van der Waals surface area contributed by atoms with Crippen molar-refractivity contribution in [1.82, 2.24) is 15.5 Å². The van der Waals surface area contributed by atoms with E-state index < -0.39 is 23.4 Å². The van der Waals surface area contributed by atoms with Crippen LogP contribution in [0.5, 0.6) is 0 Å². The number of hydrogen-bond donors (Lipinski definition) is 2. The topological polar surface area (TPSA) is 78.5 Å². The molecule has 1 saturated heterocycles. The molecule has 1 aliphatic heterocycles. The molecular weight excluding hydrogens is 478 g/mol. The first-order valence-corrected chi connectivity index (χ1v) is 11.3. The molecule has 0 spiro atoms. The first-order chi connectivity index (χ1) is 14.9. The van der Waals surface area contributed by atoms with Gasteiger partial charge in [0.05, 0.1) is 6.04 Å². The fourth-order valence-corrected chi connectivity index (χ4v) is 5.14. The van der Waals surface area contributed by atoms with Crippen LogP contribution in [0.4, 0.5) is 4.79 Å². The first-order valence-electron chi connectivity index (χ1n) is 9.67. The number of nitrogens with one attached hydrogen (secondary N) is 2. The van der Waals surface area contributed by atoms with Gasteiger partial charge in [-0.2, -0.15) is 0 Å². The Labute approximate surface area is 192 Å². The molecule has 2 heterocycles. The van der Waals surface area contributed by atoms with E-state index in [1.54, 1.807) is 25.1 Å². The van der Waals surface area contributed by atoms with Crippen molar-refractivity contribution >= 4 is 45.1 Å². The van der Waals surface area contributed by atoms with Gasteiger partial charge in [-0.15, -0.1) is 11.3 Å². The second-order valence-corrected chi connectivity index (χ2v) is 9.19. The van der Waals surface area contributed by atoms with Crippen molar-refractivity contribution in [2.45, 2.75) is 18.5 Å². The Morgan fingerprint density at radius 2 is 1.81 bits per heavy atom. The number of carbonyl (C=O) groups excluding carboxylic acids is 3. The van der Waals surface area contributed by atoms with Gasteiger partial charge in [-0.05, 0) is 30.0 Å². The summed E-state index contributed by atoms with van der Waals surface area (Å²) in [5.74, 6) is -0.880. The molecule has 3 aromatic rings. The third-order valence-corrected chi connectivity index (χ3v) is 6.88. The van der Waals surface area contributed by atoms with Crippen LogP contribution in [0.2, 0.25) is 0 Å². The molecule has 0 unspecified atom stereocenters. The van der Waals surface area contributed by atoms with Gasteiger partial charge in [0.1, 0.15) is 12.1 Å². The van der Waals surface area contributed by atoms with Crippen LogP contribution in [0.25, 0.3) is 0 Å². The van der Waals surface area contributed by atoms with Crippen molar-refractivity contribution in [2.24, 2.45) is 0 Å². The molecule has 6 nitrogen and oxygen atoms in total. The number of thiophene rings is 1. The number of urea groups is 1. The summed E-state index contributed by atoms with van der Waals surface area (Å²) in [6.07, 6.45) is 0. The number of imide groups is 1. The summed E-state index contributed by atoms with van der Waals surface area (Å²) in [6.45, 7) is 1.28. The van der Waals surface area contributed by atoms with E-state index in [9.17, 15) is 14.4 Å². The smallest absolute Gasteiger partial charge is 0.325 e. The van der Waals surface area contributed by atoms with Gasteiger partial charge in [-0.1, -0.05) is 70.5 Å². The first kappa shape index (κ1) is 21.3. The molecule has 4 amide bonds. The average Bonchev–Trinajstić information content (AvgIpc) is 3.37. The van der Waals surface area contributed by atoms with Crippen LogP contribution in [0, 0.1) is 0 Å². The third kappa shape index (κ3) is 4.13. The van der Waals surface area contributed by atoms with Gasteiger partial charge in [-0.25, -0.2) is 4.79 Å². The molecule has 31 heavy (non-hydrogen) atoms. The number of halogens is 1. The average molecular weight is 498 g/mol. The van der Waals surface area contributed by atoms with Crippen LogP contribution < -0.4 is 10.6 Å². The second-order valence-electron chi connectivity index (χ2n) is 7.35. The van der Waals surface area contributed by atoms with E-state index >= 15 is 0 Å². The summed E-state index contributed by atoms with van der Waals surface area (Å²) < 4.78 is 0.708. The van der Waals surface area contributed by atoms with E-state index in [0.717, 1.165) is 15.3 Å². The van der Waals surface area contributed by atoms with Gasteiger partial charge >= 0.3 is 6.03 Å². The zero-order valence-electron chi connectivity index (χ0n) is 16.7. The molecular formula is C23H20BrN3O3S. The molecule has 0 saturated carbocycles. The summed E-state index contributed by atoms with van der Waals surface area (Å²) in [5.41, 5.74) is 0.315. The molecule has 1 aliphatic rings. The highest BCUT2D eigenvalue weighted by Gasteiger charge is 2.50. The van der Waals surface area contributed by atoms with Gasteiger partial charge in [0.2, 0.25) is 5.91 Å². The lowest BCUT2D eigenvalue weighted by molar-refractivity contribution is -0.135. The van der Waals surface area contributed by atoms with Gasteiger partial charge in [-0.3, -0.25) is 14.5 Å². The van der Waals surface area contributed by atoms with Crippen LogP contribution in [-0.2, 0) is 15.1 Å². The Balaban J connectivity index is 1.53. The van der Waals surface area contributed by atoms with E-state index in [0.29, 0.717) is 10.0 Å². The maximum Gasteiger partial charge on any atom is 0.325 e. The largest absolute Gasteiger partial charge is 0.343 e. The fourth-order valence-electron chi connectivity index (χ4n) is 3.66. The van der Waals surface area contributed by atoms with Crippen LogP contribution >= 0.6 is 27.3 Å². The van der Waals surface area contributed by atoms with Gasteiger partial charge in [0.25, 0.3) is 5.91 Å². The zero-order chi connectivity index (χ0) is 22.0. The van der Waals surface area contributed by atoms with E-state index in [1.165, 1.54) is 11.3 Å². The van der Waals surface area contributed by atoms with Gasteiger partial charge < -0.3 is 10.6 Å². The van der Waals surface area contributed by atoms with Crippen LogP contribution in [0.15, 0.2) is 76.6 Å². The number of amides is 4. The predicted octanol–water partition coefficient (Wildman–Crippen LogP) is 4.18. The van der Waals surface area contributed by atoms with Crippen molar-refractivity contribution in [2.75, 3.05) is 6.54 Å². The molecule has 1 fully saturated rings. The molecule has 1 aromatic heterocycles. The van der Waals surface area contributed by atoms with Crippen molar-refractivity contribution < 1.29 is 14.4 Å². The number of hydrogen-bond acceptors (Lipinski definition) is 4. The lowest BCUT2D eigenvalue weighted by Gasteiger charge is -2.24. The Kier molecular flexibility index (Phi) is 5.93. The summed E-state index contributed by atoms with van der Waals surface area (Å²) in [7, 11) is 0. The van der Waals surface area contributed by atoms with Crippen molar-refractivity contribution in [3.8, 4) is 0 Å². The fraction of sp³-hybridized carbons (Fsp3) is 0.174. The Hall–Kier alpha value is -2.97. The Morgan fingerprint density at radius 3 is 2.48 bits per heavy atom. The lowest BCUT2D eigenvalue weighted by atomic mass is 9.92. The minimum absolute atomic E-state index is 0.357. The minimum Gasteiger partial charge on any atom is -0.343 e. The molecule has 4 rings (SSSR count). The quantitative estimate of drug-likeness (QED) is 0.501. The van der Waals surface area contributed by atoms with Crippen molar-refractivity contribution in [1.29, 1.82) is 0 Å². The SMILES string of the molecule is C[C@]1(c2ccccc2Br)NC(=O)N(CC(=O)N[C@H](c2ccccc2)c2cccs2)C1=O. The summed E-state index contributed by atoms with van der Waals surface area (Å²) in [4.78, 5) is 40.6. The summed E-state index contributed by atoms with van der Waals surface area (Å²) in [5, 5.41) is 7.65. The molecule has 158 valence electrons. The molecule has 0 bridgehead atoms. The molecule has 8 heteroatoms. The Bertz CT molecular complexity index is 1120. The monoisotopic (exact) mass is 497 g/mol. The second kappa shape index (κ2) is 8.64. The third-order valence-electron chi connectivity index (χ3n) is 5.26. The number of carbonyl (C=O) groups is 3. The molecule has 0 aliphatic carbocycles. The summed E-state index contributed by atoms with van der Waals surface area (Å²) in [6, 6.07) is 19.7. The molecule has 0 radical (unpaired) electrons. The highest BCUT2D eigenvalue weighted by molar-refractivity contribution is 9.10. The molecule has 2 aromatic carbocycles. The number of benzene rings is 2. The number of rotatable bonds is 6. The standard InChI is InChI=1S/C23H20BrN3O3S/c1-23(16-10-5-6-11-17(16)24)21(29)27(22(30)26-23)14-19(28)25-20(18-12-7-13-31-18)15-8-3-2-4-9-15/h2-13,20H,14H2,1H3,(H,25,28)(H,26,30)/t20-,23-/m1/s1.